The molecule has 2 N–H and O–H groups in total. The summed E-state index contributed by atoms with van der Waals surface area (Å²) in [6.07, 6.45) is 3.80. The van der Waals surface area contributed by atoms with Gasteiger partial charge in [0.2, 0.25) is 0 Å². The molecule has 0 radical (unpaired) electrons. The van der Waals surface area contributed by atoms with Gasteiger partial charge in [0, 0.05) is 44.6 Å². The standard InChI is InChI=1S/C20H26N4OS/c25-19(18-9-6-11-22-20(18)26)21-10-4-5-12-23-13-15-24(16-14-23)17-7-2-1-3-8-17/h1-3,6-9,11H,4-5,10,12-16H2,(H,21,25)(H,22,26). The predicted octanol–water partition coefficient (Wildman–Crippen LogP) is 3.08. The highest BCUT2D eigenvalue weighted by Crippen LogP contribution is 2.15. The number of anilines is 1. The fourth-order valence-corrected chi connectivity index (χ4v) is 3.46. The third-order valence-corrected chi connectivity index (χ3v) is 5.08. The smallest absolute Gasteiger partial charge is 0.254 e. The molecule has 3 rings (SSSR count). The van der Waals surface area contributed by atoms with E-state index in [2.05, 4.69) is 50.4 Å². The fraction of sp³-hybridized carbons (Fsp3) is 0.400. The summed E-state index contributed by atoms with van der Waals surface area (Å²) in [6.45, 7) is 6.12. The summed E-state index contributed by atoms with van der Waals surface area (Å²) in [5, 5.41) is 2.95. The monoisotopic (exact) mass is 370 g/mol. The summed E-state index contributed by atoms with van der Waals surface area (Å²) in [6, 6.07) is 14.1. The number of carbonyl (C=O) groups excluding carboxylic acids is 1. The lowest BCUT2D eigenvalue weighted by Crippen LogP contribution is -2.46. The topological polar surface area (TPSA) is 51.4 Å². The summed E-state index contributed by atoms with van der Waals surface area (Å²) in [5.74, 6) is -0.0941. The molecule has 26 heavy (non-hydrogen) atoms. The van der Waals surface area contributed by atoms with Gasteiger partial charge in [0.05, 0.1) is 5.56 Å². The largest absolute Gasteiger partial charge is 0.369 e. The molecule has 1 saturated heterocycles. The lowest BCUT2D eigenvalue weighted by Gasteiger charge is -2.36. The van der Waals surface area contributed by atoms with Crippen LogP contribution in [0.4, 0.5) is 5.69 Å². The molecular weight excluding hydrogens is 344 g/mol. The summed E-state index contributed by atoms with van der Waals surface area (Å²) in [7, 11) is 0. The number of unbranched alkanes of at least 4 members (excludes halogenated alkanes) is 1. The molecule has 0 unspecified atom stereocenters. The Kier molecular flexibility index (Phi) is 6.80. The zero-order valence-corrected chi connectivity index (χ0v) is 15.8. The lowest BCUT2D eigenvalue weighted by atomic mass is 10.2. The zero-order valence-electron chi connectivity index (χ0n) is 15.0. The number of amides is 1. The Morgan fingerprint density at radius 2 is 1.81 bits per heavy atom. The van der Waals surface area contributed by atoms with E-state index in [1.807, 2.05) is 0 Å². The third kappa shape index (κ3) is 5.16. The van der Waals surface area contributed by atoms with Crippen LogP contribution in [-0.4, -0.2) is 55.1 Å². The van der Waals surface area contributed by atoms with Crippen LogP contribution in [0.3, 0.4) is 0 Å². The van der Waals surface area contributed by atoms with Crippen LogP contribution in [0, 0.1) is 4.64 Å². The zero-order chi connectivity index (χ0) is 18.2. The van der Waals surface area contributed by atoms with E-state index in [1.165, 1.54) is 5.69 Å². The number of pyridine rings is 1. The van der Waals surface area contributed by atoms with Crippen molar-refractivity contribution in [3.63, 3.8) is 0 Å². The van der Waals surface area contributed by atoms with Gasteiger partial charge in [-0.3, -0.25) is 9.69 Å². The number of rotatable bonds is 7. The number of benzene rings is 1. The molecule has 0 saturated carbocycles. The van der Waals surface area contributed by atoms with E-state index in [0.29, 0.717) is 16.7 Å². The van der Waals surface area contributed by atoms with Gasteiger partial charge < -0.3 is 15.2 Å². The Labute approximate surface area is 160 Å². The van der Waals surface area contributed by atoms with Gasteiger partial charge in [-0.25, -0.2) is 0 Å². The number of carbonyl (C=O) groups is 1. The molecule has 1 amide bonds. The second kappa shape index (κ2) is 9.50. The van der Waals surface area contributed by atoms with Gasteiger partial charge in [-0.05, 0) is 43.7 Å². The average molecular weight is 371 g/mol. The van der Waals surface area contributed by atoms with E-state index in [4.69, 9.17) is 12.2 Å². The van der Waals surface area contributed by atoms with Crippen LogP contribution in [0.15, 0.2) is 48.7 Å². The number of hydrogen-bond acceptors (Lipinski definition) is 4. The first kappa shape index (κ1) is 18.6. The molecule has 0 atom stereocenters. The molecule has 0 spiro atoms. The van der Waals surface area contributed by atoms with Crippen molar-refractivity contribution in [1.29, 1.82) is 0 Å². The summed E-state index contributed by atoms with van der Waals surface area (Å²) in [5.41, 5.74) is 1.86. The van der Waals surface area contributed by atoms with E-state index in [-0.39, 0.29) is 5.91 Å². The SMILES string of the molecule is O=C(NCCCCN1CCN(c2ccccc2)CC1)c1ccc[nH]c1=S. The highest BCUT2D eigenvalue weighted by atomic mass is 32.1. The van der Waals surface area contributed by atoms with Gasteiger partial charge in [0.25, 0.3) is 5.91 Å². The second-order valence-electron chi connectivity index (χ2n) is 6.54. The summed E-state index contributed by atoms with van der Waals surface area (Å²) in [4.78, 5) is 19.9. The number of H-pyrrole nitrogens is 1. The van der Waals surface area contributed by atoms with Crippen molar-refractivity contribution < 1.29 is 4.79 Å². The normalized spacial score (nSPS) is 15.0. The molecular formula is C20H26N4OS. The Morgan fingerprint density at radius 3 is 2.54 bits per heavy atom. The van der Waals surface area contributed by atoms with Crippen molar-refractivity contribution in [3.8, 4) is 0 Å². The predicted molar refractivity (Wildman–Crippen MR) is 108 cm³/mol. The molecule has 1 aliphatic rings. The molecule has 138 valence electrons. The maximum absolute atomic E-state index is 12.1. The van der Waals surface area contributed by atoms with E-state index < -0.39 is 0 Å². The van der Waals surface area contributed by atoms with Gasteiger partial charge in [-0.15, -0.1) is 0 Å². The number of aromatic nitrogens is 1. The first-order chi connectivity index (χ1) is 12.7. The van der Waals surface area contributed by atoms with Crippen LogP contribution in [0.25, 0.3) is 0 Å². The highest BCUT2D eigenvalue weighted by Gasteiger charge is 2.16. The summed E-state index contributed by atoms with van der Waals surface area (Å²) >= 11 is 5.13. The molecule has 0 aliphatic carbocycles. The Hall–Kier alpha value is -2.18. The maximum atomic E-state index is 12.1. The van der Waals surface area contributed by atoms with Crippen molar-refractivity contribution in [3.05, 3.63) is 58.9 Å². The molecule has 1 aromatic carbocycles. The van der Waals surface area contributed by atoms with Crippen LogP contribution in [-0.2, 0) is 0 Å². The second-order valence-corrected chi connectivity index (χ2v) is 6.95. The van der Waals surface area contributed by atoms with Crippen LogP contribution in [0.1, 0.15) is 23.2 Å². The minimum Gasteiger partial charge on any atom is -0.369 e. The molecule has 2 aromatic rings. The first-order valence-electron chi connectivity index (χ1n) is 9.22. The Morgan fingerprint density at radius 1 is 1.04 bits per heavy atom. The molecule has 1 aromatic heterocycles. The van der Waals surface area contributed by atoms with Crippen molar-refractivity contribution in [2.75, 3.05) is 44.2 Å². The molecule has 2 heterocycles. The van der Waals surface area contributed by atoms with Crippen LogP contribution >= 0.6 is 12.2 Å². The van der Waals surface area contributed by atoms with Gasteiger partial charge in [-0.2, -0.15) is 0 Å². The molecule has 6 heteroatoms. The maximum Gasteiger partial charge on any atom is 0.254 e. The molecule has 0 bridgehead atoms. The highest BCUT2D eigenvalue weighted by molar-refractivity contribution is 7.71. The third-order valence-electron chi connectivity index (χ3n) is 4.74. The van der Waals surface area contributed by atoms with Crippen molar-refractivity contribution in [2.45, 2.75) is 12.8 Å². The van der Waals surface area contributed by atoms with Crippen molar-refractivity contribution in [1.82, 2.24) is 15.2 Å². The quantitative estimate of drug-likeness (QED) is 0.581. The van der Waals surface area contributed by atoms with Crippen LogP contribution < -0.4 is 10.2 Å². The van der Waals surface area contributed by atoms with E-state index in [1.54, 1.807) is 18.3 Å². The molecule has 1 aliphatic heterocycles. The number of aromatic amines is 1. The van der Waals surface area contributed by atoms with E-state index in [9.17, 15) is 4.79 Å². The van der Waals surface area contributed by atoms with Gasteiger partial charge in [0.1, 0.15) is 4.64 Å². The lowest BCUT2D eigenvalue weighted by molar-refractivity contribution is 0.0951. The minimum absolute atomic E-state index is 0.0941. The van der Waals surface area contributed by atoms with Gasteiger partial charge in [0.15, 0.2) is 0 Å². The number of nitrogens with one attached hydrogen (secondary N) is 2. The number of nitrogens with zero attached hydrogens (tertiary/aromatic N) is 2. The van der Waals surface area contributed by atoms with Crippen LogP contribution in [0.2, 0.25) is 0 Å². The summed E-state index contributed by atoms with van der Waals surface area (Å²) < 4.78 is 0.487. The molecule has 5 nitrogen and oxygen atoms in total. The number of para-hydroxylation sites is 1. The van der Waals surface area contributed by atoms with Crippen molar-refractivity contribution in [2.24, 2.45) is 0 Å². The Balaban J connectivity index is 1.31. The van der Waals surface area contributed by atoms with Gasteiger partial charge in [-0.1, -0.05) is 30.4 Å². The fourth-order valence-electron chi connectivity index (χ4n) is 3.23. The number of piperazine rings is 1. The molecule has 1 fully saturated rings. The van der Waals surface area contributed by atoms with Crippen LogP contribution in [0.5, 0.6) is 0 Å². The number of hydrogen-bond donors (Lipinski definition) is 2. The Bertz CT molecular complexity index is 754. The van der Waals surface area contributed by atoms with E-state index in [0.717, 1.165) is 45.6 Å². The van der Waals surface area contributed by atoms with E-state index >= 15 is 0 Å². The van der Waals surface area contributed by atoms with Crippen molar-refractivity contribution >= 4 is 23.8 Å². The minimum atomic E-state index is -0.0941. The first-order valence-corrected chi connectivity index (χ1v) is 9.63. The average Bonchev–Trinajstić information content (AvgIpc) is 2.69. The van der Waals surface area contributed by atoms with Gasteiger partial charge >= 0.3 is 0 Å².